The van der Waals surface area contributed by atoms with Crippen molar-refractivity contribution in [2.45, 2.75) is 26.4 Å². The second-order valence-electron chi connectivity index (χ2n) is 3.31. The lowest BCUT2D eigenvalue weighted by Crippen LogP contribution is -2.19. The molecule has 0 atom stereocenters. The van der Waals surface area contributed by atoms with E-state index in [9.17, 15) is 4.79 Å². The highest BCUT2D eigenvalue weighted by Crippen LogP contribution is 1.97. The van der Waals surface area contributed by atoms with Crippen LogP contribution in [0, 0.1) is 0 Å². The first-order chi connectivity index (χ1) is 7.26. The minimum Gasteiger partial charge on any atom is -0.359 e. The van der Waals surface area contributed by atoms with Crippen molar-refractivity contribution in [1.82, 2.24) is 20.2 Å². The number of rotatable bonds is 6. The van der Waals surface area contributed by atoms with Crippen LogP contribution in [0.5, 0.6) is 0 Å². The summed E-state index contributed by atoms with van der Waals surface area (Å²) in [6.45, 7) is 4.45. The Hall–Kier alpha value is -1.36. The number of hydrogen-bond acceptors (Lipinski definition) is 3. The van der Waals surface area contributed by atoms with E-state index in [-0.39, 0.29) is 5.91 Å². The molecular weight excluding hydrogens is 192 g/mol. The number of imidazole rings is 1. The first-order valence-electron chi connectivity index (χ1n) is 5.18. The molecule has 0 saturated carbocycles. The van der Waals surface area contributed by atoms with Gasteiger partial charge in [-0.2, -0.15) is 0 Å². The number of nitrogens with zero attached hydrogens (tertiary/aromatic N) is 2. The molecule has 0 aromatic carbocycles. The minimum atomic E-state index is 0.0527. The van der Waals surface area contributed by atoms with E-state index in [4.69, 9.17) is 0 Å². The summed E-state index contributed by atoms with van der Waals surface area (Å²) < 4.78 is 1.93. The molecule has 15 heavy (non-hydrogen) atoms. The van der Waals surface area contributed by atoms with Crippen molar-refractivity contribution in [3.05, 3.63) is 18.2 Å². The predicted octanol–water partition coefficient (Wildman–Crippen LogP) is 0.129. The lowest BCUT2D eigenvalue weighted by molar-refractivity contribution is -0.120. The van der Waals surface area contributed by atoms with E-state index in [0.29, 0.717) is 13.0 Å². The molecule has 1 amide bonds. The average molecular weight is 210 g/mol. The van der Waals surface area contributed by atoms with Crippen molar-refractivity contribution >= 4 is 5.91 Å². The summed E-state index contributed by atoms with van der Waals surface area (Å²) in [5.74, 6) is 0.0527. The molecule has 2 N–H and O–H groups in total. The van der Waals surface area contributed by atoms with Gasteiger partial charge in [-0.05, 0) is 6.54 Å². The van der Waals surface area contributed by atoms with Crippen molar-refractivity contribution < 1.29 is 4.79 Å². The Morgan fingerprint density at radius 3 is 3.07 bits per heavy atom. The Labute approximate surface area is 89.9 Å². The van der Waals surface area contributed by atoms with Gasteiger partial charge in [0.2, 0.25) is 5.91 Å². The Balaban J connectivity index is 2.35. The molecule has 1 rings (SSSR count). The lowest BCUT2D eigenvalue weighted by Gasteiger charge is -2.00. The summed E-state index contributed by atoms with van der Waals surface area (Å²) >= 11 is 0. The van der Waals surface area contributed by atoms with Crippen LogP contribution in [0.2, 0.25) is 0 Å². The smallest absolute Gasteiger partial charge is 0.221 e. The molecule has 0 saturated heterocycles. The van der Waals surface area contributed by atoms with Gasteiger partial charge in [-0.25, -0.2) is 4.98 Å². The predicted molar refractivity (Wildman–Crippen MR) is 58.3 cm³/mol. The highest BCUT2D eigenvalue weighted by Gasteiger charge is 2.00. The first kappa shape index (κ1) is 11.7. The molecule has 0 spiro atoms. The molecule has 5 nitrogen and oxygen atoms in total. The molecule has 0 aliphatic heterocycles. The highest BCUT2D eigenvalue weighted by molar-refractivity contribution is 5.75. The Kier molecular flexibility index (Phi) is 4.83. The standard InChI is InChI=1S/C10H18N4O/c1-3-12-6-9-7-14(8-13-9)5-4-10(15)11-2/h7-8,12H,3-6H2,1-2H3,(H,11,15). The molecule has 5 heteroatoms. The number of amides is 1. The highest BCUT2D eigenvalue weighted by atomic mass is 16.1. The summed E-state index contributed by atoms with van der Waals surface area (Å²) in [5.41, 5.74) is 1.01. The van der Waals surface area contributed by atoms with Crippen LogP contribution in [0.4, 0.5) is 0 Å². The monoisotopic (exact) mass is 210 g/mol. The van der Waals surface area contributed by atoms with Crippen LogP contribution in [0.3, 0.4) is 0 Å². The van der Waals surface area contributed by atoms with Crippen LogP contribution in [0.25, 0.3) is 0 Å². The molecule has 0 bridgehead atoms. The molecule has 1 aromatic heterocycles. The zero-order valence-corrected chi connectivity index (χ0v) is 9.29. The largest absolute Gasteiger partial charge is 0.359 e. The number of carbonyl (C=O) groups excluding carboxylic acids is 1. The second kappa shape index (κ2) is 6.19. The topological polar surface area (TPSA) is 59.0 Å². The van der Waals surface area contributed by atoms with Crippen molar-refractivity contribution in [3.8, 4) is 0 Å². The average Bonchev–Trinajstić information content (AvgIpc) is 2.71. The fourth-order valence-electron chi connectivity index (χ4n) is 1.23. The van der Waals surface area contributed by atoms with E-state index in [2.05, 4.69) is 22.5 Å². The molecule has 1 aromatic rings. The maximum absolute atomic E-state index is 11.0. The third kappa shape index (κ3) is 4.12. The zero-order valence-electron chi connectivity index (χ0n) is 9.29. The maximum Gasteiger partial charge on any atom is 0.221 e. The van der Waals surface area contributed by atoms with E-state index in [0.717, 1.165) is 18.8 Å². The van der Waals surface area contributed by atoms with Gasteiger partial charge in [-0.15, -0.1) is 0 Å². The van der Waals surface area contributed by atoms with Crippen LogP contribution in [-0.2, 0) is 17.9 Å². The van der Waals surface area contributed by atoms with Gasteiger partial charge in [0.1, 0.15) is 0 Å². The minimum absolute atomic E-state index is 0.0527. The number of aromatic nitrogens is 2. The zero-order chi connectivity index (χ0) is 11.1. The van der Waals surface area contributed by atoms with E-state index < -0.39 is 0 Å². The van der Waals surface area contributed by atoms with Crippen LogP contribution < -0.4 is 10.6 Å². The fourth-order valence-corrected chi connectivity index (χ4v) is 1.23. The van der Waals surface area contributed by atoms with E-state index >= 15 is 0 Å². The van der Waals surface area contributed by atoms with Gasteiger partial charge in [-0.3, -0.25) is 4.79 Å². The third-order valence-electron chi connectivity index (χ3n) is 2.12. The molecule has 0 fully saturated rings. The van der Waals surface area contributed by atoms with E-state index in [1.165, 1.54) is 0 Å². The second-order valence-corrected chi connectivity index (χ2v) is 3.31. The van der Waals surface area contributed by atoms with E-state index in [1.54, 1.807) is 13.4 Å². The van der Waals surface area contributed by atoms with Crippen molar-refractivity contribution in [2.24, 2.45) is 0 Å². The van der Waals surface area contributed by atoms with Crippen LogP contribution in [-0.4, -0.2) is 29.1 Å². The SMILES string of the molecule is CCNCc1cn(CCC(=O)NC)cn1. The normalized spacial score (nSPS) is 10.3. The first-order valence-corrected chi connectivity index (χ1v) is 5.18. The number of hydrogen-bond donors (Lipinski definition) is 2. The number of nitrogens with one attached hydrogen (secondary N) is 2. The van der Waals surface area contributed by atoms with Gasteiger partial charge in [0.05, 0.1) is 12.0 Å². The molecule has 0 aliphatic carbocycles. The van der Waals surface area contributed by atoms with Gasteiger partial charge >= 0.3 is 0 Å². The summed E-state index contributed by atoms with van der Waals surface area (Å²) in [7, 11) is 1.65. The van der Waals surface area contributed by atoms with Crippen molar-refractivity contribution in [3.63, 3.8) is 0 Å². The number of carbonyl (C=O) groups is 1. The van der Waals surface area contributed by atoms with Crippen molar-refractivity contribution in [2.75, 3.05) is 13.6 Å². The third-order valence-corrected chi connectivity index (χ3v) is 2.12. The summed E-state index contributed by atoms with van der Waals surface area (Å²) in [5, 5.41) is 5.79. The van der Waals surface area contributed by atoms with Crippen LogP contribution in [0.1, 0.15) is 19.0 Å². The van der Waals surface area contributed by atoms with Crippen LogP contribution in [0.15, 0.2) is 12.5 Å². The maximum atomic E-state index is 11.0. The lowest BCUT2D eigenvalue weighted by atomic mass is 10.4. The number of aryl methyl sites for hydroxylation is 1. The van der Waals surface area contributed by atoms with Gasteiger partial charge in [0.25, 0.3) is 0 Å². The molecule has 84 valence electrons. The Morgan fingerprint density at radius 2 is 2.40 bits per heavy atom. The van der Waals surface area contributed by atoms with Gasteiger partial charge in [0.15, 0.2) is 0 Å². The van der Waals surface area contributed by atoms with Gasteiger partial charge in [-0.1, -0.05) is 6.92 Å². The summed E-state index contributed by atoms with van der Waals surface area (Å²) in [6.07, 6.45) is 4.22. The molecule has 1 heterocycles. The van der Waals surface area contributed by atoms with Crippen molar-refractivity contribution in [1.29, 1.82) is 0 Å². The van der Waals surface area contributed by atoms with E-state index in [1.807, 2.05) is 10.8 Å². The molecule has 0 unspecified atom stereocenters. The Morgan fingerprint density at radius 1 is 1.60 bits per heavy atom. The molecule has 0 aliphatic rings. The summed E-state index contributed by atoms with van der Waals surface area (Å²) in [4.78, 5) is 15.2. The molecular formula is C10H18N4O. The Bertz CT molecular complexity index is 308. The fraction of sp³-hybridized carbons (Fsp3) is 0.600. The van der Waals surface area contributed by atoms with Crippen LogP contribution >= 0.6 is 0 Å². The summed E-state index contributed by atoms with van der Waals surface area (Å²) in [6, 6.07) is 0. The quantitative estimate of drug-likeness (QED) is 0.701. The van der Waals surface area contributed by atoms with Gasteiger partial charge < -0.3 is 15.2 Å². The van der Waals surface area contributed by atoms with Gasteiger partial charge in [0, 0.05) is 32.8 Å². The molecule has 0 radical (unpaired) electrons.